The van der Waals surface area contributed by atoms with E-state index in [4.69, 9.17) is 16.3 Å². The molecular formula is C14H17ClO2. The van der Waals surface area contributed by atoms with Gasteiger partial charge in [-0.2, -0.15) is 0 Å². The Balaban J connectivity index is 1.77. The van der Waals surface area contributed by atoms with Crippen LogP contribution in [-0.4, -0.2) is 17.3 Å². The summed E-state index contributed by atoms with van der Waals surface area (Å²) in [6, 6.07) is 7.57. The lowest BCUT2D eigenvalue weighted by atomic mass is 9.62. The summed E-state index contributed by atoms with van der Waals surface area (Å²) in [6.45, 7) is 0. The quantitative estimate of drug-likeness (QED) is 0.874. The molecule has 2 atom stereocenters. The minimum Gasteiger partial charge on any atom is -0.488 e. The second-order valence-electron chi connectivity index (χ2n) is 5.23. The molecule has 1 N–H and O–H groups in total. The molecular weight excluding hydrogens is 236 g/mol. The van der Waals surface area contributed by atoms with Gasteiger partial charge in [-0.05, 0) is 25.0 Å². The van der Waals surface area contributed by atoms with Crippen LogP contribution in [0.4, 0.5) is 0 Å². The SMILES string of the molecule is OC1CC(Oc2ccccc2Cl)C12CCCC2. The van der Waals surface area contributed by atoms with Crippen LogP contribution >= 0.6 is 11.6 Å². The minimum absolute atomic E-state index is 0.0131. The van der Waals surface area contributed by atoms with Crippen molar-refractivity contribution >= 4 is 11.6 Å². The molecule has 2 aliphatic carbocycles. The topological polar surface area (TPSA) is 29.5 Å². The maximum atomic E-state index is 10.0. The largest absolute Gasteiger partial charge is 0.488 e. The number of benzene rings is 1. The number of hydrogen-bond donors (Lipinski definition) is 1. The maximum absolute atomic E-state index is 10.0. The Morgan fingerprint density at radius 1 is 1.24 bits per heavy atom. The Morgan fingerprint density at radius 3 is 2.59 bits per heavy atom. The number of ether oxygens (including phenoxy) is 1. The van der Waals surface area contributed by atoms with Crippen LogP contribution in [0.5, 0.6) is 5.75 Å². The first-order valence-electron chi connectivity index (χ1n) is 6.32. The van der Waals surface area contributed by atoms with E-state index in [1.54, 1.807) is 0 Å². The number of aliphatic hydroxyl groups is 1. The molecule has 2 aliphatic rings. The molecule has 92 valence electrons. The van der Waals surface area contributed by atoms with Crippen molar-refractivity contribution in [2.24, 2.45) is 5.41 Å². The summed E-state index contributed by atoms with van der Waals surface area (Å²) in [5, 5.41) is 10.7. The summed E-state index contributed by atoms with van der Waals surface area (Å²) in [7, 11) is 0. The predicted octanol–water partition coefficient (Wildman–Crippen LogP) is 3.41. The third-order valence-electron chi connectivity index (χ3n) is 4.38. The summed E-state index contributed by atoms with van der Waals surface area (Å²) < 4.78 is 6.00. The molecule has 0 heterocycles. The molecule has 1 spiro atoms. The highest BCUT2D eigenvalue weighted by Crippen LogP contribution is 2.54. The van der Waals surface area contributed by atoms with Gasteiger partial charge in [-0.25, -0.2) is 0 Å². The number of aliphatic hydroxyl groups excluding tert-OH is 1. The maximum Gasteiger partial charge on any atom is 0.138 e. The molecule has 0 amide bonds. The van der Waals surface area contributed by atoms with Crippen molar-refractivity contribution in [2.75, 3.05) is 0 Å². The average Bonchev–Trinajstić information content (AvgIpc) is 2.83. The highest BCUT2D eigenvalue weighted by atomic mass is 35.5. The fourth-order valence-electron chi connectivity index (χ4n) is 3.27. The van der Waals surface area contributed by atoms with Gasteiger partial charge in [-0.3, -0.25) is 0 Å². The van der Waals surface area contributed by atoms with Crippen LogP contribution in [0.25, 0.3) is 0 Å². The molecule has 2 saturated carbocycles. The van der Waals surface area contributed by atoms with Gasteiger partial charge >= 0.3 is 0 Å². The van der Waals surface area contributed by atoms with Crippen molar-refractivity contribution in [1.82, 2.24) is 0 Å². The normalized spacial score (nSPS) is 30.2. The smallest absolute Gasteiger partial charge is 0.138 e. The van der Waals surface area contributed by atoms with Crippen LogP contribution in [0.3, 0.4) is 0 Å². The van der Waals surface area contributed by atoms with Crippen LogP contribution < -0.4 is 4.74 Å². The van der Waals surface area contributed by atoms with Gasteiger partial charge in [0.2, 0.25) is 0 Å². The molecule has 2 fully saturated rings. The Bertz CT molecular complexity index is 412. The highest BCUT2D eigenvalue weighted by Gasteiger charge is 2.57. The number of halogens is 1. The van der Waals surface area contributed by atoms with Crippen molar-refractivity contribution in [3.63, 3.8) is 0 Å². The van der Waals surface area contributed by atoms with Gasteiger partial charge in [-0.1, -0.05) is 36.6 Å². The average molecular weight is 253 g/mol. The van der Waals surface area contributed by atoms with E-state index < -0.39 is 0 Å². The molecule has 17 heavy (non-hydrogen) atoms. The first-order valence-corrected chi connectivity index (χ1v) is 6.69. The zero-order chi connectivity index (χ0) is 11.9. The van der Waals surface area contributed by atoms with Crippen LogP contribution in [0, 0.1) is 5.41 Å². The molecule has 1 aromatic carbocycles. The molecule has 0 aliphatic heterocycles. The monoisotopic (exact) mass is 252 g/mol. The molecule has 3 rings (SSSR count). The van der Waals surface area contributed by atoms with Crippen molar-refractivity contribution in [3.8, 4) is 5.75 Å². The van der Waals surface area contributed by atoms with Gasteiger partial charge in [0.1, 0.15) is 11.9 Å². The molecule has 3 heteroatoms. The standard InChI is InChI=1S/C14H17ClO2/c15-10-5-1-2-6-11(10)17-13-9-12(16)14(13)7-3-4-8-14/h1-2,5-6,12-13,16H,3-4,7-9H2. The van der Waals surface area contributed by atoms with E-state index in [-0.39, 0.29) is 17.6 Å². The second-order valence-corrected chi connectivity index (χ2v) is 5.64. The fourth-order valence-corrected chi connectivity index (χ4v) is 3.45. The zero-order valence-electron chi connectivity index (χ0n) is 9.73. The van der Waals surface area contributed by atoms with Gasteiger partial charge in [0.15, 0.2) is 0 Å². The van der Waals surface area contributed by atoms with Crippen LogP contribution in [-0.2, 0) is 0 Å². The van der Waals surface area contributed by atoms with Crippen LogP contribution in [0.1, 0.15) is 32.1 Å². The summed E-state index contributed by atoms with van der Waals surface area (Å²) in [5.74, 6) is 0.748. The van der Waals surface area contributed by atoms with E-state index in [9.17, 15) is 5.11 Å². The van der Waals surface area contributed by atoms with Gasteiger partial charge in [0.05, 0.1) is 11.1 Å². The minimum atomic E-state index is -0.183. The molecule has 0 aromatic heterocycles. The Morgan fingerprint density at radius 2 is 1.94 bits per heavy atom. The summed E-state index contributed by atoms with van der Waals surface area (Å²) in [6.07, 6.45) is 5.29. The Hall–Kier alpha value is -0.730. The summed E-state index contributed by atoms with van der Waals surface area (Å²) in [4.78, 5) is 0. The van der Waals surface area contributed by atoms with Gasteiger partial charge < -0.3 is 9.84 Å². The van der Waals surface area contributed by atoms with E-state index in [0.717, 1.165) is 25.0 Å². The van der Waals surface area contributed by atoms with Crippen LogP contribution in [0.2, 0.25) is 5.02 Å². The molecule has 2 nitrogen and oxygen atoms in total. The van der Waals surface area contributed by atoms with Crippen molar-refractivity contribution in [1.29, 1.82) is 0 Å². The first-order chi connectivity index (χ1) is 8.22. The van der Waals surface area contributed by atoms with Gasteiger partial charge in [0, 0.05) is 11.8 Å². The lowest BCUT2D eigenvalue weighted by molar-refractivity contribution is -0.151. The predicted molar refractivity (Wildman–Crippen MR) is 67.4 cm³/mol. The summed E-state index contributed by atoms with van der Waals surface area (Å²) >= 11 is 6.09. The van der Waals surface area contributed by atoms with E-state index in [0.29, 0.717) is 5.02 Å². The van der Waals surface area contributed by atoms with E-state index in [1.807, 2.05) is 24.3 Å². The van der Waals surface area contributed by atoms with Crippen molar-refractivity contribution in [3.05, 3.63) is 29.3 Å². The molecule has 2 unspecified atom stereocenters. The van der Waals surface area contributed by atoms with E-state index in [2.05, 4.69) is 0 Å². The molecule has 1 aromatic rings. The Kier molecular flexibility index (Phi) is 2.80. The Labute approximate surface area is 107 Å². The van der Waals surface area contributed by atoms with Gasteiger partial charge in [-0.15, -0.1) is 0 Å². The zero-order valence-corrected chi connectivity index (χ0v) is 10.5. The molecule has 0 bridgehead atoms. The number of para-hydroxylation sites is 1. The van der Waals surface area contributed by atoms with E-state index >= 15 is 0 Å². The second kappa shape index (κ2) is 4.18. The molecule has 0 saturated heterocycles. The highest BCUT2D eigenvalue weighted by molar-refractivity contribution is 6.32. The van der Waals surface area contributed by atoms with Crippen LogP contribution in [0.15, 0.2) is 24.3 Å². The molecule has 0 radical (unpaired) electrons. The van der Waals surface area contributed by atoms with E-state index in [1.165, 1.54) is 12.8 Å². The lowest BCUT2D eigenvalue weighted by Crippen LogP contribution is -2.58. The first kappa shape index (κ1) is 11.4. The third-order valence-corrected chi connectivity index (χ3v) is 4.69. The lowest BCUT2D eigenvalue weighted by Gasteiger charge is -2.51. The van der Waals surface area contributed by atoms with Crippen molar-refractivity contribution in [2.45, 2.75) is 44.3 Å². The van der Waals surface area contributed by atoms with Crippen molar-refractivity contribution < 1.29 is 9.84 Å². The number of hydrogen-bond acceptors (Lipinski definition) is 2. The summed E-state index contributed by atoms with van der Waals surface area (Å²) in [5.41, 5.74) is 0.0131. The number of rotatable bonds is 2. The third kappa shape index (κ3) is 1.74. The van der Waals surface area contributed by atoms with Gasteiger partial charge in [0.25, 0.3) is 0 Å². The fraction of sp³-hybridized carbons (Fsp3) is 0.571.